The quantitative estimate of drug-likeness (QED) is 0.374. The first-order valence-corrected chi connectivity index (χ1v) is 9.79. The average Bonchev–Trinajstić information content (AvgIpc) is 3.06. The number of para-hydroxylation sites is 1. The molecule has 2 aromatic heterocycles. The molecule has 3 aromatic carbocycles. The molecule has 0 atom stereocenters. The molecule has 0 aliphatic rings. The summed E-state index contributed by atoms with van der Waals surface area (Å²) in [6, 6.07) is 32.4. The van der Waals surface area contributed by atoms with Gasteiger partial charge in [0.2, 0.25) is 5.69 Å². The second-order valence-corrected chi connectivity index (χ2v) is 7.37. The van der Waals surface area contributed by atoms with Gasteiger partial charge in [0, 0.05) is 41.4 Å². The summed E-state index contributed by atoms with van der Waals surface area (Å²) in [4.78, 5) is 0. The Morgan fingerprint density at radius 2 is 1.32 bits per heavy atom. The fourth-order valence-corrected chi connectivity index (χ4v) is 4.18. The van der Waals surface area contributed by atoms with Crippen molar-refractivity contribution in [2.45, 2.75) is 20.0 Å². The summed E-state index contributed by atoms with van der Waals surface area (Å²) < 4.78 is 4.83. The summed E-state index contributed by atoms with van der Waals surface area (Å²) in [6.45, 7) is 4.00. The van der Waals surface area contributed by atoms with E-state index in [0.29, 0.717) is 0 Å². The zero-order valence-electron chi connectivity index (χ0n) is 16.0. The van der Waals surface area contributed by atoms with Gasteiger partial charge in [0.25, 0.3) is 0 Å². The number of aryl methyl sites for hydroxylation is 1. The molecule has 0 aliphatic heterocycles. The van der Waals surface area contributed by atoms with Crippen LogP contribution in [-0.4, -0.2) is 4.57 Å². The van der Waals surface area contributed by atoms with Crippen molar-refractivity contribution in [3.8, 4) is 0 Å². The standard InChI is InChI=1S/C26H23N2/c1-20-26-24(16-17-27(20)18-21-10-4-2-5-11-21)23-14-8-9-15-25(23)28(26)19-22-12-6-3-7-13-22/h2-17H,18-19H2,1H3/q+1. The molecule has 2 nitrogen and oxygen atoms in total. The summed E-state index contributed by atoms with van der Waals surface area (Å²) in [6.07, 6.45) is 2.23. The summed E-state index contributed by atoms with van der Waals surface area (Å²) >= 11 is 0. The Hall–Kier alpha value is -3.39. The first-order valence-electron chi connectivity index (χ1n) is 9.79. The third kappa shape index (κ3) is 2.87. The van der Waals surface area contributed by atoms with Crippen LogP contribution in [0.4, 0.5) is 0 Å². The van der Waals surface area contributed by atoms with Crippen LogP contribution in [0.3, 0.4) is 0 Å². The first-order chi connectivity index (χ1) is 13.8. The lowest BCUT2D eigenvalue weighted by atomic mass is 10.1. The monoisotopic (exact) mass is 363 g/mol. The highest BCUT2D eigenvalue weighted by atomic mass is 15.0. The van der Waals surface area contributed by atoms with Crippen LogP contribution in [0.15, 0.2) is 97.2 Å². The van der Waals surface area contributed by atoms with Gasteiger partial charge in [-0.25, -0.2) is 0 Å². The van der Waals surface area contributed by atoms with Crippen molar-refractivity contribution in [3.05, 3.63) is 114 Å². The molecule has 5 aromatic rings. The molecule has 0 fully saturated rings. The fourth-order valence-electron chi connectivity index (χ4n) is 4.18. The first kappa shape index (κ1) is 16.8. The highest BCUT2D eigenvalue weighted by molar-refractivity contribution is 6.08. The molecule has 0 amide bonds. The number of rotatable bonds is 4. The molecule has 2 heteroatoms. The van der Waals surface area contributed by atoms with Crippen LogP contribution < -0.4 is 4.57 Å². The maximum atomic E-state index is 2.47. The Balaban J connectivity index is 1.72. The molecule has 0 saturated heterocycles. The number of aromatic nitrogens is 2. The SMILES string of the molecule is Cc1c2c(cc[n+]1Cc1ccccc1)c1ccccc1n2Cc1ccccc1. The van der Waals surface area contributed by atoms with Gasteiger partial charge in [-0.3, -0.25) is 0 Å². The predicted octanol–water partition coefficient (Wildman–Crippen LogP) is 5.49. The topological polar surface area (TPSA) is 8.81 Å². The third-order valence-electron chi connectivity index (χ3n) is 5.58. The number of benzene rings is 3. The largest absolute Gasteiger partial charge is 0.331 e. The lowest BCUT2D eigenvalue weighted by molar-refractivity contribution is -0.693. The van der Waals surface area contributed by atoms with Gasteiger partial charge in [-0.2, -0.15) is 4.57 Å². The van der Waals surface area contributed by atoms with E-state index in [1.165, 1.54) is 38.6 Å². The van der Waals surface area contributed by atoms with Gasteiger partial charge in [-0.1, -0.05) is 78.9 Å². The van der Waals surface area contributed by atoms with Crippen molar-refractivity contribution in [3.63, 3.8) is 0 Å². The molecule has 5 rings (SSSR count). The molecule has 28 heavy (non-hydrogen) atoms. The highest BCUT2D eigenvalue weighted by Crippen LogP contribution is 2.30. The number of hydrogen-bond donors (Lipinski definition) is 0. The summed E-state index contributed by atoms with van der Waals surface area (Å²) in [7, 11) is 0. The van der Waals surface area contributed by atoms with E-state index in [0.717, 1.165) is 13.1 Å². The molecule has 0 saturated carbocycles. The molecule has 136 valence electrons. The van der Waals surface area contributed by atoms with E-state index in [-0.39, 0.29) is 0 Å². The maximum Gasteiger partial charge on any atom is 0.203 e. The number of nitrogens with zero attached hydrogens (tertiary/aromatic N) is 2. The van der Waals surface area contributed by atoms with E-state index < -0.39 is 0 Å². The van der Waals surface area contributed by atoms with E-state index in [9.17, 15) is 0 Å². The number of pyridine rings is 1. The van der Waals surface area contributed by atoms with Crippen molar-refractivity contribution < 1.29 is 4.57 Å². The van der Waals surface area contributed by atoms with Crippen LogP contribution in [0.25, 0.3) is 21.8 Å². The van der Waals surface area contributed by atoms with Gasteiger partial charge in [-0.05, 0) is 11.6 Å². The van der Waals surface area contributed by atoms with Crippen LogP contribution in [0.5, 0.6) is 0 Å². The van der Waals surface area contributed by atoms with E-state index in [4.69, 9.17) is 0 Å². The van der Waals surface area contributed by atoms with Crippen molar-refractivity contribution in [1.82, 2.24) is 4.57 Å². The van der Waals surface area contributed by atoms with E-state index in [1.807, 2.05) is 0 Å². The second kappa shape index (κ2) is 6.97. The van der Waals surface area contributed by atoms with Crippen LogP contribution in [-0.2, 0) is 13.1 Å². The van der Waals surface area contributed by atoms with Gasteiger partial charge in [0.05, 0.1) is 0 Å². The van der Waals surface area contributed by atoms with Crippen LogP contribution in [0.2, 0.25) is 0 Å². The summed E-state index contributed by atoms with van der Waals surface area (Å²) in [5, 5.41) is 2.65. The Morgan fingerprint density at radius 1 is 0.679 bits per heavy atom. The van der Waals surface area contributed by atoms with Gasteiger partial charge in [0.15, 0.2) is 12.7 Å². The minimum atomic E-state index is 0.876. The predicted molar refractivity (Wildman–Crippen MR) is 115 cm³/mol. The van der Waals surface area contributed by atoms with Crippen LogP contribution in [0, 0.1) is 6.92 Å². The van der Waals surface area contributed by atoms with E-state index in [2.05, 4.69) is 113 Å². The van der Waals surface area contributed by atoms with Crippen molar-refractivity contribution in [2.75, 3.05) is 0 Å². The average molecular weight is 363 g/mol. The van der Waals surface area contributed by atoms with E-state index in [1.54, 1.807) is 0 Å². The molecular weight excluding hydrogens is 340 g/mol. The minimum Gasteiger partial charge on any atom is -0.331 e. The lowest BCUT2D eigenvalue weighted by Gasteiger charge is -2.09. The Morgan fingerprint density at radius 3 is 2.07 bits per heavy atom. The number of fused-ring (bicyclic) bond motifs is 3. The van der Waals surface area contributed by atoms with Crippen molar-refractivity contribution in [1.29, 1.82) is 0 Å². The molecule has 0 bridgehead atoms. The smallest absolute Gasteiger partial charge is 0.203 e. The summed E-state index contributed by atoms with van der Waals surface area (Å²) in [5.41, 5.74) is 6.56. The lowest BCUT2D eigenvalue weighted by Crippen LogP contribution is -2.37. The fraction of sp³-hybridized carbons (Fsp3) is 0.115. The Kier molecular flexibility index (Phi) is 4.17. The Labute approximate surface area is 165 Å². The van der Waals surface area contributed by atoms with E-state index >= 15 is 0 Å². The molecule has 0 N–H and O–H groups in total. The minimum absolute atomic E-state index is 0.876. The number of hydrogen-bond acceptors (Lipinski definition) is 0. The van der Waals surface area contributed by atoms with Crippen molar-refractivity contribution >= 4 is 21.8 Å². The normalized spacial score (nSPS) is 11.3. The molecule has 0 spiro atoms. The van der Waals surface area contributed by atoms with Crippen LogP contribution >= 0.6 is 0 Å². The zero-order valence-corrected chi connectivity index (χ0v) is 16.0. The van der Waals surface area contributed by atoms with Gasteiger partial charge >= 0.3 is 0 Å². The molecule has 2 heterocycles. The molecule has 0 radical (unpaired) electrons. The molecular formula is C26H23N2+. The van der Waals surface area contributed by atoms with Gasteiger partial charge < -0.3 is 4.57 Å². The summed E-state index contributed by atoms with van der Waals surface area (Å²) in [5.74, 6) is 0. The van der Waals surface area contributed by atoms with Gasteiger partial charge in [-0.15, -0.1) is 0 Å². The van der Waals surface area contributed by atoms with Crippen molar-refractivity contribution in [2.24, 2.45) is 0 Å². The molecule has 0 unspecified atom stereocenters. The van der Waals surface area contributed by atoms with Crippen LogP contribution in [0.1, 0.15) is 16.8 Å². The highest BCUT2D eigenvalue weighted by Gasteiger charge is 2.19. The molecule has 0 aliphatic carbocycles. The maximum absolute atomic E-state index is 2.47. The third-order valence-corrected chi connectivity index (χ3v) is 5.58. The Bertz CT molecular complexity index is 1250. The van der Waals surface area contributed by atoms with Gasteiger partial charge in [0.1, 0.15) is 5.52 Å². The second-order valence-electron chi connectivity index (χ2n) is 7.37. The zero-order chi connectivity index (χ0) is 18.9.